The Kier molecular flexibility index (Phi) is 8.11. The molecule has 2 atom stereocenters. The SMILES string of the molecule is CCC(C)CN(CC)C(=O)NC(CCO)C(=O)O. The Labute approximate surface area is 108 Å². The number of nitrogens with one attached hydrogen (secondary N) is 1. The van der Waals surface area contributed by atoms with Gasteiger partial charge in [-0.25, -0.2) is 9.59 Å². The molecule has 0 rings (SSSR count). The zero-order valence-electron chi connectivity index (χ0n) is 11.3. The van der Waals surface area contributed by atoms with Gasteiger partial charge in [-0.2, -0.15) is 0 Å². The Balaban J connectivity index is 4.44. The molecule has 0 aromatic carbocycles. The highest BCUT2D eigenvalue weighted by Gasteiger charge is 2.22. The fourth-order valence-electron chi connectivity index (χ4n) is 1.49. The number of urea groups is 1. The summed E-state index contributed by atoms with van der Waals surface area (Å²) in [5.41, 5.74) is 0. The molecule has 2 unspecified atom stereocenters. The molecule has 0 saturated heterocycles. The molecule has 0 radical (unpaired) electrons. The summed E-state index contributed by atoms with van der Waals surface area (Å²) in [7, 11) is 0. The van der Waals surface area contributed by atoms with Crippen molar-refractivity contribution in [2.24, 2.45) is 5.92 Å². The van der Waals surface area contributed by atoms with E-state index in [-0.39, 0.29) is 13.0 Å². The molecule has 0 heterocycles. The van der Waals surface area contributed by atoms with E-state index in [0.717, 1.165) is 6.42 Å². The molecule has 6 heteroatoms. The van der Waals surface area contributed by atoms with E-state index >= 15 is 0 Å². The van der Waals surface area contributed by atoms with E-state index in [9.17, 15) is 9.59 Å². The third-order valence-corrected chi connectivity index (χ3v) is 2.91. The van der Waals surface area contributed by atoms with Crippen molar-refractivity contribution in [3.05, 3.63) is 0 Å². The molecule has 0 fully saturated rings. The molecule has 0 saturated carbocycles. The Hall–Kier alpha value is -1.30. The van der Waals surface area contributed by atoms with E-state index in [4.69, 9.17) is 10.2 Å². The highest BCUT2D eigenvalue weighted by Crippen LogP contribution is 2.05. The molecular weight excluding hydrogens is 236 g/mol. The van der Waals surface area contributed by atoms with Crippen LogP contribution in [0.3, 0.4) is 0 Å². The standard InChI is InChI=1S/C12H24N2O4/c1-4-9(3)8-14(5-2)12(18)13-10(6-7-15)11(16)17/h9-10,15H,4-8H2,1-3H3,(H,13,18)(H,16,17). The van der Waals surface area contributed by atoms with Crippen LogP contribution in [0, 0.1) is 5.92 Å². The number of aliphatic hydroxyl groups is 1. The number of hydrogen-bond acceptors (Lipinski definition) is 3. The van der Waals surface area contributed by atoms with Gasteiger partial charge in [0, 0.05) is 26.1 Å². The van der Waals surface area contributed by atoms with Gasteiger partial charge in [0.25, 0.3) is 0 Å². The van der Waals surface area contributed by atoms with E-state index in [1.54, 1.807) is 4.90 Å². The van der Waals surface area contributed by atoms with Gasteiger partial charge in [0.15, 0.2) is 0 Å². The van der Waals surface area contributed by atoms with Crippen molar-refractivity contribution in [1.29, 1.82) is 0 Å². The molecular formula is C12H24N2O4. The van der Waals surface area contributed by atoms with Crippen LogP contribution >= 0.6 is 0 Å². The maximum Gasteiger partial charge on any atom is 0.326 e. The number of aliphatic hydroxyl groups excluding tert-OH is 1. The minimum Gasteiger partial charge on any atom is -0.480 e. The zero-order valence-corrected chi connectivity index (χ0v) is 11.3. The summed E-state index contributed by atoms with van der Waals surface area (Å²) in [6.45, 7) is 6.80. The maximum atomic E-state index is 11.9. The van der Waals surface area contributed by atoms with Gasteiger partial charge in [0.2, 0.25) is 0 Å². The van der Waals surface area contributed by atoms with Crippen LogP contribution in [0.25, 0.3) is 0 Å². The third kappa shape index (κ3) is 5.86. The van der Waals surface area contributed by atoms with Crippen molar-refractivity contribution in [3.8, 4) is 0 Å². The molecule has 0 aliphatic rings. The van der Waals surface area contributed by atoms with E-state index in [1.807, 2.05) is 20.8 Å². The second kappa shape index (κ2) is 8.74. The second-order valence-electron chi connectivity index (χ2n) is 4.40. The lowest BCUT2D eigenvalue weighted by atomic mass is 10.1. The van der Waals surface area contributed by atoms with Gasteiger partial charge in [0.05, 0.1) is 0 Å². The number of amides is 2. The average Bonchev–Trinajstić information content (AvgIpc) is 2.34. The second-order valence-corrected chi connectivity index (χ2v) is 4.40. The van der Waals surface area contributed by atoms with Crippen LogP contribution in [0.15, 0.2) is 0 Å². The fourth-order valence-corrected chi connectivity index (χ4v) is 1.49. The first-order chi connectivity index (χ1) is 8.46. The summed E-state index contributed by atoms with van der Waals surface area (Å²) in [6, 6.07) is -1.42. The van der Waals surface area contributed by atoms with Crippen molar-refractivity contribution in [2.45, 2.75) is 39.7 Å². The van der Waals surface area contributed by atoms with E-state index < -0.39 is 18.0 Å². The van der Waals surface area contributed by atoms with Gasteiger partial charge in [-0.3, -0.25) is 0 Å². The molecule has 106 valence electrons. The van der Waals surface area contributed by atoms with Crippen LogP contribution in [0.5, 0.6) is 0 Å². The minimum atomic E-state index is -1.13. The normalized spacial score (nSPS) is 13.8. The van der Waals surface area contributed by atoms with Gasteiger partial charge in [0.1, 0.15) is 6.04 Å². The van der Waals surface area contributed by atoms with Gasteiger partial charge >= 0.3 is 12.0 Å². The Morgan fingerprint density at radius 2 is 1.94 bits per heavy atom. The van der Waals surface area contributed by atoms with Crippen molar-refractivity contribution < 1.29 is 19.8 Å². The predicted octanol–water partition coefficient (Wildman–Crippen LogP) is 0.900. The van der Waals surface area contributed by atoms with E-state index in [2.05, 4.69) is 5.32 Å². The Bertz CT molecular complexity index is 271. The number of carbonyl (C=O) groups excluding carboxylic acids is 1. The molecule has 0 bridgehead atoms. The largest absolute Gasteiger partial charge is 0.480 e. The molecule has 0 aromatic heterocycles. The summed E-state index contributed by atoms with van der Waals surface area (Å²) in [5, 5.41) is 20.1. The monoisotopic (exact) mass is 260 g/mol. The number of nitrogens with zero attached hydrogens (tertiary/aromatic N) is 1. The lowest BCUT2D eigenvalue weighted by molar-refractivity contribution is -0.139. The number of aliphatic carboxylic acids is 1. The van der Waals surface area contributed by atoms with Crippen LogP contribution in [0.4, 0.5) is 4.79 Å². The van der Waals surface area contributed by atoms with Crippen LogP contribution in [-0.4, -0.2) is 52.9 Å². The van der Waals surface area contributed by atoms with E-state index in [0.29, 0.717) is 19.0 Å². The number of hydrogen-bond donors (Lipinski definition) is 3. The average molecular weight is 260 g/mol. The van der Waals surface area contributed by atoms with Gasteiger partial charge in [-0.1, -0.05) is 20.3 Å². The van der Waals surface area contributed by atoms with Crippen molar-refractivity contribution in [3.63, 3.8) is 0 Å². The molecule has 0 spiro atoms. The van der Waals surface area contributed by atoms with Crippen molar-refractivity contribution in [1.82, 2.24) is 10.2 Å². The predicted molar refractivity (Wildman–Crippen MR) is 68.4 cm³/mol. The first kappa shape index (κ1) is 16.7. The van der Waals surface area contributed by atoms with Gasteiger partial charge in [-0.15, -0.1) is 0 Å². The number of carbonyl (C=O) groups is 2. The van der Waals surface area contributed by atoms with Crippen LogP contribution in [0.2, 0.25) is 0 Å². The molecule has 0 aromatic rings. The quantitative estimate of drug-likeness (QED) is 0.605. The topological polar surface area (TPSA) is 89.9 Å². The molecule has 6 nitrogen and oxygen atoms in total. The number of carboxylic acid groups (broad SMARTS) is 1. The molecule has 18 heavy (non-hydrogen) atoms. The zero-order chi connectivity index (χ0) is 14.1. The van der Waals surface area contributed by atoms with Gasteiger partial charge in [-0.05, 0) is 12.8 Å². The van der Waals surface area contributed by atoms with E-state index in [1.165, 1.54) is 0 Å². The smallest absolute Gasteiger partial charge is 0.326 e. The maximum absolute atomic E-state index is 11.9. The first-order valence-corrected chi connectivity index (χ1v) is 6.35. The summed E-state index contributed by atoms with van der Waals surface area (Å²) in [6.07, 6.45) is 0.977. The fraction of sp³-hybridized carbons (Fsp3) is 0.833. The number of carboxylic acids is 1. The highest BCUT2D eigenvalue weighted by atomic mass is 16.4. The third-order valence-electron chi connectivity index (χ3n) is 2.91. The highest BCUT2D eigenvalue weighted by molar-refractivity contribution is 5.82. The van der Waals surface area contributed by atoms with Crippen molar-refractivity contribution >= 4 is 12.0 Å². The van der Waals surface area contributed by atoms with Crippen LogP contribution < -0.4 is 5.32 Å². The first-order valence-electron chi connectivity index (χ1n) is 6.35. The summed E-state index contributed by atoms with van der Waals surface area (Å²) in [4.78, 5) is 24.3. The molecule has 0 aliphatic carbocycles. The Morgan fingerprint density at radius 3 is 2.33 bits per heavy atom. The van der Waals surface area contributed by atoms with Gasteiger partial charge < -0.3 is 20.4 Å². The van der Waals surface area contributed by atoms with Crippen molar-refractivity contribution in [2.75, 3.05) is 19.7 Å². The molecule has 2 amide bonds. The Morgan fingerprint density at radius 1 is 1.33 bits per heavy atom. The summed E-state index contributed by atoms with van der Waals surface area (Å²) < 4.78 is 0. The minimum absolute atomic E-state index is 0.0158. The lowest BCUT2D eigenvalue weighted by Crippen LogP contribution is -2.49. The molecule has 0 aliphatic heterocycles. The molecule has 3 N–H and O–H groups in total. The summed E-state index contributed by atoms with van der Waals surface area (Å²) >= 11 is 0. The number of rotatable bonds is 8. The van der Waals surface area contributed by atoms with Crippen LogP contribution in [0.1, 0.15) is 33.6 Å². The summed E-state index contributed by atoms with van der Waals surface area (Å²) in [5.74, 6) is -0.756. The lowest BCUT2D eigenvalue weighted by Gasteiger charge is -2.26. The van der Waals surface area contributed by atoms with Crippen LogP contribution in [-0.2, 0) is 4.79 Å².